The summed E-state index contributed by atoms with van der Waals surface area (Å²) in [6.07, 6.45) is 5.57. The van der Waals surface area contributed by atoms with Gasteiger partial charge in [0.1, 0.15) is 5.75 Å². The predicted molar refractivity (Wildman–Crippen MR) is 91.6 cm³/mol. The number of methoxy groups -OCH3 is 1. The van der Waals surface area contributed by atoms with E-state index in [1.807, 2.05) is 24.3 Å². The lowest BCUT2D eigenvalue weighted by molar-refractivity contribution is -0.141. The van der Waals surface area contributed by atoms with Crippen LogP contribution in [0.25, 0.3) is 0 Å². The molecule has 5 heteroatoms. The Morgan fingerprint density at radius 3 is 2.46 bits per heavy atom. The molecule has 24 heavy (non-hydrogen) atoms. The minimum Gasteiger partial charge on any atom is -0.497 e. The summed E-state index contributed by atoms with van der Waals surface area (Å²) < 4.78 is 5.21. The van der Waals surface area contributed by atoms with Crippen molar-refractivity contribution in [1.82, 2.24) is 10.2 Å². The highest BCUT2D eigenvalue weighted by Crippen LogP contribution is 2.36. The fourth-order valence-corrected chi connectivity index (χ4v) is 3.95. The maximum absolute atomic E-state index is 12.8. The number of carbonyl (C=O) groups excluding carboxylic acids is 2. The van der Waals surface area contributed by atoms with E-state index in [0.29, 0.717) is 18.9 Å². The van der Waals surface area contributed by atoms with Gasteiger partial charge in [-0.2, -0.15) is 0 Å². The summed E-state index contributed by atoms with van der Waals surface area (Å²) in [6, 6.07) is 7.76. The number of amides is 2. The van der Waals surface area contributed by atoms with Gasteiger partial charge in [-0.1, -0.05) is 25.0 Å². The molecule has 2 aliphatic rings. The van der Waals surface area contributed by atoms with Crippen molar-refractivity contribution >= 4 is 11.8 Å². The summed E-state index contributed by atoms with van der Waals surface area (Å²) in [5.41, 5.74) is 0.984. The molecule has 1 saturated carbocycles. The molecule has 0 aromatic heterocycles. The third kappa shape index (κ3) is 3.40. The first-order valence-corrected chi connectivity index (χ1v) is 8.80. The SMILES string of the molecule is COc1ccc([C@H]2[C@@H](C(=O)NC3CCCC3)CCC(=O)N2C)cc1. The number of benzene rings is 1. The Morgan fingerprint density at radius 2 is 1.83 bits per heavy atom. The normalized spacial score (nSPS) is 24.9. The van der Waals surface area contributed by atoms with E-state index in [1.54, 1.807) is 19.1 Å². The van der Waals surface area contributed by atoms with Crippen molar-refractivity contribution in [3.05, 3.63) is 29.8 Å². The standard InChI is InChI=1S/C19H26N2O3/c1-21-17(22)12-11-16(19(23)20-14-5-3-4-6-14)18(21)13-7-9-15(24-2)10-8-13/h7-10,14,16,18H,3-6,11-12H2,1-2H3,(H,20,23)/t16-,18-/m0/s1. The maximum Gasteiger partial charge on any atom is 0.225 e. The highest BCUT2D eigenvalue weighted by Gasteiger charge is 2.39. The topological polar surface area (TPSA) is 58.6 Å². The number of nitrogens with one attached hydrogen (secondary N) is 1. The van der Waals surface area contributed by atoms with Crippen molar-refractivity contribution in [1.29, 1.82) is 0 Å². The van der Waals surface area contributed by atoms with Gasteiger partial charge in [-0.25, -0.2) is 0 Å². The molecule has 0 bridgehead atoms. The highest BCUT2D eigenvalue weighted by atomic mass is 16.5. The molecule has 0 radical (unpaired) electrons. The molecule has 2 fully saturated rings. The molecule has 0 spiro atoms. The lowest BCUT2D eigenvalue weighted by Gasteiger charge is -2.39. The number of hydrogen-bond acceptors (Lipinski definition) is 3. The van der Waals surface area contributed by atoms with Crippen LogP contribution in [0.1, 0.15) is 50.1 Å². The van der Waals surface area contributed by atoms with Gasteiger partial charge in [-0.05, 0) is 37.0 Å². The van der Waals surface area contributed by atoms with Crippen molar-refractivity contribution < 1.29 is 14.3 Å². The van der Waals surface area contributed by atoms with Gasteiger partial charge in [0.25, 0.3) is 0 Å². The van der Waals surface area contributed by atoms with Crippen LogP contribution in [-0.4, -0.2) is 36.9 Å². The lowest BCUT2D eigenvalue weighted by atomic mass is 9.83. The molecule has 5 nitrogen and oxygen atoms in total. The first kappa shape index (κ1) is 16.8. The summed E-state index contributed by atoms with van der Waals surface area (Å²) in [6.45, 7) is 0. The Balaban J connectivity index is 1.81. The van der Waals surface area contributed by atoms with Gasteiger partial charge in [0.2, 0.25) is 11.8 Å². The summed E-state index contributed by atoms with van der Waals surface area (Å²) in [5, 5.41) is 3.20. The van der Waals surface area contributed by atoms with E-state index in [9.17, 15) is 9.59 Å². The molecular formula is C19H26N2O3. The van der Waals surface area contributed by atoms with E-state index < -0.39 is 0 Å². The summed E-state index contributed by atoms with van der Waals surface area (Å²) >= 11 is 0. The summed E-state index contributed by atoms with van der Waals surface area (Å²) in [7, 11) is 3.43. The van der Waals surface area contributed by atoms with Crippen LogP contribution < -0.4 is 10.1 Å². The van der Waals surface area contributed by atoms with E-state index in [0.717, 1.165) is 24.2 Å². The molecule has 1 N–H and O–H groups in total. The van der Waals surface area contributed by atoms with Crippen molar-refractivity contribution in [3.63, 3.8) is 0 Å². The Kier molecular flexibility index (Phi) is 5.07. The van der Waals surface area contributed by atoms with Gasteiger partial charge in [-0.15, -0.1) is 0 Å². The molecule has 1 aromatic carbocycles. The Bertz CT molecular complexity index is 593. The number of piperidine rings is 1. The fraction of sp³-hybridized carbons (Fsp3) is 0.579. The highest BCUT2D eigenvalue weighted by molar-refractivity contribution is 5.85. The summed E-state index contributed by atoms with van der Waals surface area (Å²) in [4.78, 5) is 26.7. The molecule has 1 aliphatic heterocycles. The number of nitrogens with zero attached hydrogens (tertiary/aromatic N) is 1. The first-order valence-electron chi connectivity index (χ1n) is 8.80. The van der Waals surface area contributed by atoms with Gasteiger partial charge >= 0.3 is 0 Å². The van der Waals surface area contributed by atoms with Crippen LogP contribution in [0.4, 0.5) is 0 Å². The van der Waals surface area contributed by atoms with Crippen LogP contribution in [0.2, 0.25) is 0 Å². The molecular weight excluding hydrogens is 304 g/mol. The minimum atomic E-state index is -0.210. The van der Waals surface area contributed by atoms with Gasteiger partial charge in [-0.3, -0.25) is 9.59 Å². The van der Waals surface area contributed by atoms with E-state index in [1.165, 1.54) is 12.8 Å². The van der Waals surface area contributed by atoms with Crippen LogP contribution in [0, 0.1) is 5.92 Å². The molecule has 1 saturated heterocycles. The van der Waals surface area contributed by atoms with Crippen molar-refractivity contribution in [2.75, 3.05) is 14.2 Å². The molecule has 1 heterocycles. The van der Waals surface area contributed by atoms with Gasteiger partial charge in [0.05, 0.1) is 19.1 Å². The van der Waals surface area contributed by atoms with Crippen LogP contribution in [0.15, 0.2) is 24.3 Å². The zero-order valence-corrected chi connectivity index (χ0v) is 14.5. The zero-order chi connectivity index (χ0) is 17.1. The Labute approximate surface area is 143 Å². The van der Waals surface area contributed by atoms with E-state index >= 15 is 0 Å². The Morgan fingerprint density at radius 1 is 1.17 bits per heavy atom. The van der Waals surface area contributed by atoms with Crippen LogP contribution >= 0.6 is 0 Å². The fourth-order valence-electron chi connectivity index (χ4n) is 3.95. The van der Waals surface area contributed by atoms with E-state index in [4.69, 9.17) is 4.74 Å². The molecule has 3 rings (SSSR count). The monoisotopic (exact) mass is 330 g/mol. The van der Waals surface area contributed by atoms with Crippen molar-refractivity contribution in [2.24, 2.45) is 5.92 Å². The third-order valence-corrected chi connectivity index (χ3v) is 5.36. The smallest absolute Gasteiger partial charge is 0.225 e. The quantitative estimate of drug-likeness (QED) is 0.923. The predicted octanol–water partition coefficient (Wildman–Crippen LogP) is 2.66. The largest absolute Gasteiger partial charge is 0.497 e. The second kappa shape index (κ2) is 7.24. The van der Waals surface area contributed by atoms with E-state index in [2.05, 4.69) is 5.32 Å². The second-order valence-corrected chi connectivity index (χ2v) is 6.86. The minimum absolute atomic E-state index is 0.0852. The molecule has 130 valence electrons. The molecule has 2 atom stereocenters. The van der Waals surface area contributed by atoms with Crippen LogP contribution in [0.3, 0.4) is 0 Å². The van der Waals surface area contributed by atoms with Gasteiger partial charge in [0.15, 0.2) is 0 Å². The number of carbonyl (C=O) groups is 2. The van der Waals surface area contributed by atoms with Crippen LogP contribution in [0.5, 0.6) is 5.75 Å². The first-order chi connectivity index (χ1) is 11.6. The molecule has 1 aliphatic carbocycles. The Hall–Kier alpha value is -2.04. The van der Waals surface area contributed by atoms with E-state index in [-0.39, 0.29) is 23.8 Å². The number of rotatable bonds is 4. The molecule has 1 aromatic rings. The average Bonchev–Trinajstić information content (AvgIpc) is 3.10. The molecule has 2 amide bonds. The second-order valence-electron chi connectivity index (χ2n) is 6.86. The number of ether oxygens (including phenoxy) is 1. The number of likely N-dealkylation sites (tertiary alicyclic amines) is 1. The third-order valence-electron chi connectivity index (χ3n) is 5.36. The van der Waals surface area contributed by atoms with Crippen molar-refractivity contribution in [3.8, 4) is 5.75 Å². The molecule has 0 unspecified atom stereocenters. The summed E-state index contributed by atoms with van der Waals surface area (Å²) in [5.74, 6) is 0.764. The zero-order valence-electron chi connectivity index (χ0n) is 14.5. The van der Waals surface area contributed by atoms with Gasteiger partial charge < -0.3 is 15.0 Å². The average molecular weight is 330 g/mol. The number of hydrogen-bond donors (Lipinski definition) is 1. The maximum atomic E-state index is 12.8. The lowest BCUT2D eigenvalue weighted by Crippen LogP contribution is -2.48. The van der Waals surface area contributed by atoms with Crippen molar-refractivity contribution in [2.45, 2.75) is 50.6 Å². The van der Waals surface area contributed by atoms with Gasteiger partial charge in [0, 0.05) is 19.5 Å². The van der Waals surface area contributed by atoms with Crippen LogP contribution in [-0.2, 0) is 9.59 Å².